The van der Waals surface area contributed by atoms with Gasteiger partial charge in [-0.25, -0.2) is 0 Å². The molecular formula is C8H10O. The second-order valence-electron chi connectivity index (χ2n) is 2.15. The highest BCUT2D eigenvalue weighted by atomic mass is 16.1. The smallest absolute Gasteiger partial charge is 0.155 e. The highest BCUT2D eigenvalue weighted by molar-refractivity contribution is 5.89. The molecule has 0 saturated heterocycles. The molecule has 0 aromatic carbocycles. The number of rotatable bonds is 0. The summed E-state index contributed by atoms with van der Waals surface area (Å²) < 4.78 is 0. The summed E-state index contributed by atoms with van der Waals surface area (Å²) in [5.41, 5.74) is 0. The zero-order chi connectivity index (χ0) is 6.53. The molecule has 1 nitrogen and oxygen atoms in total. The first-order valence-corrected chi connectivity index (χ1v) is 3.25. The van der Waals surface area contributed by atoms with Gasteiger partial charge in [-0.15, -0.1) is 0 Å². The molecule has 1 aliphatic carbocycles. The number of hydrogen-bond acceptors (Lipinski definition) is 1. The molecule has 0 unspecified atom stereocenters. The van der Waals surface area contributed by atoms with Crippen molar-refractivity contribution in [1.82, 2.24) is 0 Å². The van der Waals surface area contributed by atoms with Gasteiger partial charge in [0.1, 0.15) is 0 Å². The fourth-order valence-electron chi connectivity index (χ4n) is 0.815. The van der Waals surface area contributed by atoms with Crippen molar-refractivity contribution in [2.75, 3.05) is 0 Å². The molecule has 0 heterocycles. The van der Waals surface area contributed by atoms with E-state index < -0.39 is 0 Å². The molecule has 0 aliphatic heterocycles. The maximum atomic E-state index is 10.7. The molecule has 48 valence electrons. The van der Waals surface area contributed by atoms with Gasteiger partial charge >= 0.3 is 0 Å². The zero-order valence-corrected chi connectivity index (χ0v) is 5.34. The Morgan fingerprint density at radius 2 is 2.22 bits per heavy atom. The first-order chi connectivity index (χ1) is 4.39. The van der Waals surface area contributed by atoms with E-state index in [-0.39, 0.29) is 5.78 Å². The number of hydrogen-bond donors (Lipinski definition) is 0. The zero-order valence-electron chi connectivity index (χ0n) is 5.34. The summed E-state index contributed by atoms with van der Waals surface area (Å²) >= 11 is 0. The van der Waals surface area contributed by atoms with E-state index in [1.165, 1.54) is 0 Å². The van der Waals surface area contributed by atoms with Crippen LogP contribution in [0, 0.1) is 0 Å². The molecule has 1 heteroatoms. The van der Waals surface area contributed by atoms with E-state index in [0.29, 0.717) is 6.42 Å². The van der Waals surface area contributed by atoms with Crippen molar-refractivity contribution in [2.45, 2.75) is 19.3 Å². The lowest BCUT2D eigenvalue weighted by Gasteiger charge is -1.94. The van der Waals surface area contributed by atoms with Crippen LogP contribution in [-0.2, 0) is 4.79 Å². The molecule has 9 heavy (non-hydrogen) atoms. The first-order valence-electron chi connectivity index (χ1n) is 3.25. The summed E-state index contributed by atoms with van der Waals surface area (Å²) in [6, 6.07) is 0. The Kier molecular flexibility index (Phi) is 2.25. The van der Waals surface area contributed by atoms with E-state index in [4.69, 9.17) is 0 Å². The molecule has 1 rings (SSSR count). The highest BCUT2D eigenvalue weighted by Gasteiger charge is 1.95. The van der Waals surface area contributed by atoms with Crippen molar-refractivity contribution in [2.24, 2.45) is 0 Å². The standard InChI is InChI=1S/C8H10O/c9-8-6-4-2-1-3-5-7-8/h1-2,4,6H,3,5,7H2/b2-1-,6-4-. The predicted molar refractivity (Wildman–Crippen MR) is 37.1 cm³/mol. The van der Waals surface area contributed by atoms with Gasteiger partial charge in [0.05, 0.1) is 0 Å². The van der Waals surface area contributed by atoms with Crippen LogP contribution in [0.3, 0.4) is 0 Å². The van der Waals surface area contributed by atoms with Crippen molar-refractivity contribution in [1.29, 1.82) is 0 Å². The van der Waals surface area contributed by atoms with E-state index in [9.17, 15) is 4.79 Å². The summed E-state index contributed by atoms with van der Waals surface area (Å²) in [4.78, 5) is 10.7. The summed E-state index contributed by atoms with van der Waals surface area (Å²) in [6.45, 7) is 0. The van der Waals surface area contributed by atoms with Gasteiger partial charge in [0, 0.05) is 6.42 Å². The normalized spacial score (nSPS) is 26.4. The molecule has 0 radical (unpaired) electrons. The van der Waals surface area contributed by atoms with Gasteiger partial charge in [-0.3, -0.25) is 4.79 Å². The lowest BCUT2D eigenvalue weighted by molar-refractivity contribution is -0.114. The Labute approximate surface area is 55.1 Å². The molecule has 0 atom stereocenters. The van der Waals surface area contributed by atoms with Crippen molar-refractivity contribution in [3.8, 4) is 0 Å². The Hall–Kier alpha value is -0.850. The summed E-state index contributed by atoms with van der Waals surface area (Å²) in [5, 5.41) is 0. The third-order valence-electron chi connectivity index (χ3n) is 1.32. The number of carbonyl (C=O) groups is 1. The Balaban J connectivity index is 2.54. The monoisotopic (exact) mass is 122 g/mol. The van der Waals surface area contributed by atoms with Crippen LogP contribution >= 0.6 is 0 Å². The van der Waals surface area contributed by atoms with E-state index in [2.05, 4.69) is 6.08 Å². The largest absolute Gasteiger partial charge is 0.295 e. The minimum absolute atomic E-state index is 0.249. The maximum Gasteiger partial charge on any atom is 0.155 e. The number of allylic oxidation sites excluding steroid dienone is 4. The van der Waals surface area contributed by atoms with Gasteiger partial charge < -0.3 is 0 Å². The van der Waals surface area contributed by atoms with E-state index in [0.717, 1.165) is 12.8 Å². The van der Waals surface area contributed by atoms with Crippen LogP contribution < -0.4 is 0 Å². The minimum Gasteiger partial charge on any atom is -0.295 e. The van der Waals surface area contributed by atoms with Crippen LogP contribution in [0.25, 0.3) is 0 Å². The third-order valence-corrected chi connectivity index (χ3v) is 1.32. The summed E-state index contributed by atoms with van der Waals surface area (Å²) in [7, 11) is 0. The quantitative estimate of drug-likeness (QED) is 0.479. The van der Waals surface area contributed by atoms with E-state index >= 15 is 0 Å². The van der Waals surface area contributed by atoms with Crippen molar-refractivity contribution in [3.05, 3.63) is 24.3 Å². The first kappa shape index (κ1) is 6.27. The second-order valence-corrected chi connectivity index (χ2v) is 2.15. The van der Waals surface area contributed by atoms with Gasteiger partial charge in [0.15, 0.2) is 5.78 Å². The topological polar surface area (TPSA) is 17.1 Å². The van der Waals surface area contributed by atoms with Gasteiger partial charge in [0.25, 0.3) is 0 Å². The number of carbonyl (C=O) groups excluding carboxylic acids is 1. The molecule has 0 spiro atoms. The van der Waals surface area contributed by atoms with Crippen LogP contribution in [-0.4, -0.2) is 5.78 Å². The van der Waals surface area contributed by atoms with Crippen LogP contribution in [0.4, 0.5) is 0 Å². The molecule has 0 aromatic rings. The van der Waals surface area contributed by atoms with Gasteiger partial charge in [-0.05, 0) is 18.9 Å². The Morgan fingerprint density at radius 3 is 3.11 bits per heavy atom. The van der Waals surface area contributed by atoms with Crippen LogP contribution in [0.1, 0.15) is 19.3 Å². The fraction of sp³-hybridized carbons (Fsp3) is 0.375. The average molecular weight is 122 g/mol. The molecule has 0 fully saturated rings. The van der Waals surface area contributed by atoms with Crippen LogP contribution in [0.5, 0.6) is 0 Å². The van der Waals surface area contributed by atoms with Gasteiger partial charge in [0.2, 0.25) is 0 Å². The lowest BCUT2D eigenvalue weighted by Crippen LogP contribution is -1.92. The number of ketones is 1. The average Bonchev–Trinajstić information content (AvgIpc) is 1.79. The SMILES string of the molecule is O=C1/C=C\C=C/CCC1. The molecule has 0 N–H and O–H groups in total. The Morgan fingerprint density at radius 1 is 1.33 bits per heavy atom. The maximum absolute atomic E-state index is 10.7. The van der Waals surface area contributed by atoms with Crippen LogP contribution in [0.2, 0.25) is 0 Å². The molecule has 0 amide bonds. The summed E-state index contributed by atoms with van der Waals surface area (Å²) in [6.07, 6.45) is 10.2. The van der Waals surface area contributed by atoms with E-state index in [1.807, 2.05) is 12.2 Å². The molecular weight excluding hydrogens is 112 g/mol. The third kappa shape index (κ3) is 2.27. The lowest BCUT2D eigenvalue weighted by atomic mass is 10.1. The fourth-order valence-corrected chi connectivity index (χ4v) is 0.815. The Bertz CT molecular complexity index is 154. The van der Waals surface area contributed by atoms with Gasteiger partial charge in [-0.2, -0.15) is 0 Å². The van der Waals surface area contributed by atoms with Gasteiger partial charge in [-0.1, -0.05) is 18.2 Å². The summed E-state index contributed by atoms with van der Waals surface area (Å²) in [5.74, 6) is 0.249. The van der Waals surface area contributed by atoms with Crippen molar-refractivity contribution >= 4 is 5.78 Å². The van der Waals surface area contributed by atoms with E-state index in [1.54, 1.807) is 6.08 Å². The minimum atomic E-state index is 0.249. The molecule has 0 bridgehead atoms. The second kappa shape index (κ2) is 3.23. The molecule has 0 saturated carbocycles. The molecule has 1 aliphatic rings. The van der Waals surface area contributed by atoms with Crippen LogP contribution in [0.15, 0.2) is 24.3 Å². The highest BCUT2D eigenvalue weighted by Crippen LogP contribution is 2.01. The molecule has 0 aromatic heterocycles. The van der Waals surface area contributed by atoms with Crippen molar-refractivity contribution < 1.29 is 4.79 Å². The van der Waals surface area contributed by atoms with Crippen molar-refractivity contribution in [3.63, 3.8) is 0 Å². The predicted octanol–water partition coefficient (Wildman–Crippen LogP) is 1.85.